The second-order valence-corrected chi connectivity index (χ2v) is 5.20. The Morgan fingerprint density at radius 1 is 1.19 bits per heavy atom. The summed E-state index contributed by atoms with van der Waals surface area (Å²) in [6.07, 6.45) is 2.97. The van der Waals surface area contributed by atoms with Gasteiger partial charge in [-0.15, -0.1) is 0 Å². The van der Waals surface area contributed by atoms with E-state index in [4.69, 9.17) is 4.74 Å². The fourth-order valence-corrected chi connectivity index (χ4v) is 2.34. The van der Waals surface area contributed by atoms with Gasteiger partial charge in [-0.25, -0.2) is 13.6 Å². The van der Waals surface area contributed by atoms with Gasteiger partial charge in [0, 0.05) is 12.1 Å². The molecule has 0 bridgehead atoms. The molecule has 21 heavy (non-hydrogen) atoms. The van der Waals surface area contributed by atoms with Crippen molar-refractivity contribution < 1.29 is 23.1 Å². The summed E-state index contributed by atoms with van der Waals surface area (Å²) in [5.74, 6) is -3.07. The SMILES string of the molecule is C[C@H](OC(=O)c1cc(F)cc(F)c1)C(=O)NC1CCCC1. The summed E-state index contributed by atoms with van der Waals surface area (Å²) < 4.78 is 31.0. The lowest BCUT2D eigenvalue weighted by Gasteiger charge is -2.17. The molecular weight excluding hydrogens is 280 g/mol. The summed E-state index contributed by atoms with van der Waals surface area (Å²) in [5, 5.41) is 2.79. The van der Waals surface area contributed by atoms with Crippen LogP contribution < -0.4 is 5.32 Å². The summed E-state index contributed by atoms with van der Waals surface area (Å²) in [5.41, 5.74) is -0.256. The number of carbonyl (C=O) groups excluding carboxylic acids is 2. The second-order valence-electron chi connectivity index (χ2n) is 5.20. The van der Waals surface area contributed by atoms with Gasteiger partial charge in [-0.1, -0.05) is 12.8 Å². The number of hydrogen-bond donors (Lipinski definition) is 1. The number of ether oxygens (including phenoxy) is 1. The number of halogens is 2. The third-order valence-electron chi connectivity index (χ3n) is 3.45. The van der Waals surface area contributed by atoms with E-state index in [-0.39, 0.29) is 11.6 Å². The number of esters is 1. The third-order valence-corrected chi connectivity index (χ3v) is 3.45. The molecule has 1 aliphatic carbocycles. The maximum absolute atomic E-state index is 13.0. The Morgan fingerprint density at radius 2 is 1.76 bits per heavy atom. The highest BCUT2D eigenvalue weighted by atomic mass is 19.1. The van der Waals surface area contributed by atoms with Crippen LogP contribution in [0.3, 0.4) is 0 Å². The first-order chi connectivity index (χ1) is 9.95. The minimum Gasteiger partial charge on any atom is -0.449 e. The van der Waals surface area contributed by atoms with E-state index in [1.54, 1.807) is 0 Å². The monoisotopic (exact) mass is 297 g/mol. The van der Waals surface area contributed by atoms with Gasteiger partial charge >= 0.3 is 5.97 Å². The third kappa shape index (κ3) is 4.24. The fraction of sp³-hybridized carbons (Fsp3) is 0.467. The summed E-state index contributed by atoms with van der Waals surface area (Å²) in [6, 6.07) is 2.51. The highest BCUT2D eigenvalue weighted by molar-refractivity contribution is 5.92. The van der Waals surface area contributed by atoms with Crippen LogP contribution in [0, 0.1) is 11.6 Å². The number of nitrogens with one attached hydrogen (secondary N) is 1. The van der Waals surface area contributed by atoms with Gasteiger partial charge < -0.3 is 10.1 Å². The highest BCUT2D eigenvalue weighted by Crippen LogP contribution is 2.18. The van der Waals surface area contributed by atoms with Crippen LogP contribution in [-0.2, 0) is 9.53 Å². The molecule has 0 aliphatic heterocycles. The molecule has 0 heterocycles. The van der Waals surface area contributed by atoms with Crippen molar-refractivity contribution in [2.75, 3.05) is 0 Å². The number of hydrogen-bond acceptors (Lipinski definition) is 3. The molecule has 6 heteroatoms. The van der Waals surface area contributed by atoms with Crippen LogP contribution in [0.25, 0.3) is 0 Å². The number of amides is 1. The van der Waals surface area contributed by atoms with Crippen LogP contribution in [0.1, 0.15) is 43.0 Å². The molecule has 0 spiro atoms. The molecule has 1 amide bonds. The van der Waals surface area contributed by atoms with Crippen molar-refractivity contribution in [1.82, 2.24) is 5.32 Å². The molecule has 0 unspecified atom stereocenters. The van der Waals surface area contributed by atoms with Crippen LogP contribution in [-0.4, -0.2) is 24.0 Å². The van der Waals surface area contributed by atoms with E-state index >= 15 is 0 Å². The Hall–Kier alpha value is -1.98. The molecule has 4 nitrogen and oxygen atoms in total. The van der Waals surface area contributed by atoms with Crippen LogP contribution in [0.5, 0.6) is 0 Å². The van der Waals surface area contributed by atoms with Crippen LogP contribution in [0.4, 0.5) is 8.78 Å². The molecule has 1 atom stereocenters. The average Bonchev–Trinajstić information content (AvgIpc) is 2.90. The summed E-state index contributed by atoms with van der Waals surface area (Å²) >= 11 is 0. The van der Waals surface area contributed by atoms with E-state index in [1.165, 1.54) is 6.92 Å². The molecule has 1 aromatic rings. The van der Waals surface area contributed by atoms with Crippen LogP contribution in [0.2, 0.25) is 0 Å². The fourth-order valence-electron chi connectivity index (χ4n) is 2.34. The Labute approximate surface area is 121 Å². The van der Waals surface area contributed by atoms with Gasteiger partial charge in [0.1, 0.15) is 11.6 Å². The Balaban J connectivity index is 1.93. The van der Waals surface area contributed by atoms with E-state index in [2.05, 4.69) is 5.32 Å². The van der Waals surface area contributed by atoms with Crippen molar-refractivity contribution in [3.63, 3.8) is 0 Å². The molecule has 2 rings (SSSR count). The van der Waals surface area contributed by atoms with Crippen LogP contribution >= 0.6 is 0 Å². The molecule has 114 valence electrons. The van der Waals surface area contributed by atoms with Crippen molar-refractivity contribution in [1.29, 1.82) is 0 Å². The zero-order valence-corrected chi connectivity index (χ0v) is 11.7. The van der Waals surface area contributed by atoms with Crippen molar-refractivity contribution in [2.24, 2.45) is 0 Å². The number of carbonyl (C=O) groups is 2. The smallest absolute Gasteiger partial charge is 0.339 e. The van der Waals surface area contributed by atoms with E-state index < -0.39 is 29.6 Å². The molecule has 0 saturated heterocycles. The van der Waals surface area contributed by atoms with Crippen molar-refractivity contribution >= 4 is 11.9 Å². The Kier molecular flexibility index (Phi) is 4.88. The van der Waals surface area contributed by atoms with Gasteiger partial charge in [-0.3, -0.25) is 4.79 Å². The van der Waals surface area contributed by atoms with Crippen molar-refractivity contribution in [3.8, 4) is 0 Å². The molecule has 1 aliphatic rings. The topological polar surface area (TPSA) is 55.4 Å². The van der Waals surface area contributed by atoms with E-state index in [1.807, 2.05) is 0 Å². The molecule has 0 radical (unpaired) electrons. The van der Waals surface area contributed by atoms with Gasteiger partial charge in [0.15, 0.2) is 6.10 Å². The van der Waals surface area contributed by atoms with E-state index in [9.17, 15) is 18.4 Å². The number of rotatable bonds is 4. The second kappa shape index (κ2) is 6.65. The summed E-state index contributed by atoms with van der Waals surface area (Å²) in [6.45, 7) is 1.43. The maximum Gasteiger partial charge on any atom is 0.339 e. The quantitative estimate of drug-likeness (QED) is 0.869. The minimum absolute atomic E-state index is 0.116. The highest BCUT2D eigenvalue weighted by Gasteiger charge is 2.23. The molecule has 1 aromatic carbocycles. The van der Waals surface area contributed by atoms with Gasteiger partial charge in [-0.2, -0.15) is 0 Å². The van der Waals surface area contributed by atoms with Crippen molar-refractivity contribution in [2.45, 2.75) is 44.8 Å². The predicted molar refractivity (Wildman–Crippen MR) is 71.6 cm³/mol. The summed E-state index contributed by atoms with van der Waals surface area (Å²) in [7, 11) is 0. The number of benzene rings is 1. The predicted octanol–water partition coefficient (Wildman–Crippen LogP) is 2.57. The van der Waals surface area contributed by atoms with E-state index in [0.29, 0.717) is 6.07 Å². The van der Waals surface area contributed by atoms with Gasteiger partial charge in [0.25, 0.3) is 5.91 Å². The molecule has 1 fully saturated rings. The van der Waals surface area contributed by atoms with Gasteiger partial charge in [0.05, 0.1) is 5.56 Å². The Morgan fingerprint density at radius 3 is 2.33 bits per heavy atom. The van der Waals surface area contributed by atoms with E-state index in [0.717, 1.165) is 37.8 Å². The van der Waals surface area contributed by atoms with Crippen molar-refractivity contribution in [3.05, 3.63) is 35.4 Å². The first-order valence-corrected chi connectivity index (χ1v) is 6.93. The zero-order chi connectivity index (χ0) is 15.4. The molecular formula is C15H17F2NO3. The van der Waals surface area contributed by atoms with Gasteiger partial charge in [0.2, 0.25) is 0 Å². The summed E-state index contributed by atoms with van der Waals surface area (Å²) in [4.78, 5) is 23.6. The average molecular weight is 297 g/mol. The standard InChI is InChI=1S/C15H17F2NO3/c1-9(14(19)18-13-4-2-3-5-13)21-15(20)10-6-11(16)8-12(17)7-10/h6-9,13H,2-5H2,1H3,(H,18,19)/t9-/m0/s1. The lowest BCUT2D eigenvalue weighted by atomic mass is 10.2. The lowest BCUT2D eigenvalue weighted by molar-refractivity contribution is -0.129. The molecule has 0 aromatic heterocycles. The first kappa shape index (κ1) is 15.4. The molecule has 1 N–H and O–H groups in total. The normalized spacial score (nSPS) is 16.5. The lowest BCUT2D eigenvalue weighted by Crippen LogP contribution is -2.40. The molecule has 1 saturated carbocycles. The first-order valence-electron chi connectivity index (χ1n) is 6.93. The largest absolute Gasteiger partial charge is 0.449 e. The van der Waals surface area contributed by atoms with Gasteiger partial charge in [-0.05, 0) is 31.9 Å². The zero-order valence-electron chi connectivity index (χ0n) is 11.7. The Bertz CT molecular complexity index is 521. The minimum atomic E-state index is -1.01. The maximum atomic E-state index is 13.0. The van der Waals surface area contributed by atoms with Crippen LogP contribution in [0.15, 0.2) is 18.2 Å².